The second kappa shape index (κ2) is 5.22. The van der Waals surface area contributed by atoms with Crippen LogP contribution in [0.2, 0.25) is 0 Å². The highest BCUT2D eigenvalue weighted by Crippen LogP contribution is 2.26. The Hall–Kier alpha value is -1.92. The molecule has 3 rings (SSSR count). The SMILES string of the molecule is COc1ccc(-c2nc(C(=O)N3CC(O)C3)cs2)cc1. The molecule has 0 atom stereocenters. The summed E-state index contributed by atoms with van der Waals surface area (Å²) in [6, 6.07) is 7.56. The molecule has 0 spiro atoms. The first-order valence-corrected chi connectivity index (χ1v) is 7.12. The topological polar surface area (TPSA) is 62.7 Å². The fourth-order valence-electron chi connectivity index (χ4n) is 2.02. The lowest BCUT2D eigenvalue weighted by atomic mass is 10.1. The molecule has 1 aromatic carbocycles. The van der Waals surface area contributed by atoms with Crippen molar-refractivity contribution >= 4 is 17.2 Å². The van der Waals surface area contributed by atoms with Crippen molar-refractivity contribution in [2.75, 3.05) is 20.2 Å². The van der Waals surface area contributed by atoms with Gasteiger partial charge in [0.25, 0.3) is 5.91 Å². The van der Waals surface area contributed by atoms with Crippen LogP contribution in [0.5, 0.6) is 5.75 Å². The lowest BCUT2D eigenvalue weighted by Crippen LogP contribution is -2.53. The number of likely N-dealkylation sites (tertiary alicyclic amines) is 1. The first kappa shape index (κ1) is 13.1. The van der Waals surface area contributed by atoms with E-state index in [-0.39, 0.29) is 5.91 Å². The number of hydrogen-bond acceptors (Lipinski definition) is 5. The Balaban J connectivity index is 1.77. The summed E-state index contributed by atoms with van der Waals surface area (Å²) in [5, 5.41) is 11.8. The summed E-state index contributed by atoms with van der Waals surface area (Å²) in [5.74, 6) is 0.669. The van der Waals surface area contributed by atoms with E-state index in [2.05, 4.69) is 4.98 Å². The number of aliphatic hydroxyl groups excluding tert-OH is 1. The van der Waals surface area contributed by atoms with Gasteiger partial charge in [-0.3, -0.25) is 4.79 Å². The second-order valence-corrected chi connectivity index (χ2v) is 5.49. The molecule has 0 aliphatic carbocycles. The second-order valence-electron chi connectivity index (χ2n) is 4.63. The molecule has 1 aliphatic rings. The minimum atomic E-state index is -0.390. The van der Waals surface area contributed by atoms with Gasteiger partial charge in [0.05, 0.1) is 13.2 Å². The molecule has 1 saturated heterocycles. The Bertz CT molecular complexity index is 618. The number of aromatic nitrogens is 1. The van der Waals surface area contributed by atoms with Crippen molar-refractivity contribution < 1.29 is 14.6 Å². The van der Waals surface area contributed by atoms with Crippen molar-refractivity contribution in [1.29, 1.82) is 0 Å². The summed E-state index contributed by atoms with van der Waals surface area (Å²) in [5.41, 5.74) is 1.39. The van der Waals surface area contributed by atoms with Crippen LogP contribution in [0.4, 0.5) is 0 Å². The van der Waals surface area contributed by atoms with E-state index in [0.717, 1.165) is 16.3 Å². The zero-order valence-electron chi connectivity index (χ0n) is 10.9. The Kier molecular flexibility index (Phi) is 3.42. The molecule has 0 saturated carbocycles. The van der Waals surface area contributed by atoms with Gasteiger partial charge in [-0.2, -0.15) is 0 Å². The maximum Gasteiger partial charge on any atom is 0.273 e. The number of hydrogen-bond donors (Lipinski definition) is 1. The highest BCUT2D eigenvalue weighted by molar-refractivity contribution is 7.13. The van der Waals surface area contributed by atoms with E-state index in [1.54, 1.807) is 17.4 Å². The summed E-state index contributed by atoms with van der Waals surface area (Å²) in [7, 11) is 1.62. The van der Waals surface area contributed by atoms with Crippen molar-refractivity contribution in [2.24, 2.45) is 0 Å². The average molecular weight is 290 g/mol. The van der Waals surface area contributed by atoms with E-state index < -0.39 is 6.10 Å². The molecule has 1 N–H and O–H groups in total. The van der Waals surface area contributed by atoms with Crippen molar-refractivity contribution in [3.63, 3.8) is 0 Å². The number of rotatable bonds is 3. The van der Waals surface area contributed by atoms with Crippen LogP contribution < -0.4 is 4.74 Å². The van der Waals surface area contributed by atoms with Crippen LogP contribution in [0.15, 0.2) is 29.6 Å². The van der Waals surface area contributed by atoms with E-state index in [0.29, 0.717) is 18.8 Å². The molecule has 1 amide bonds. The third-order valence-corrected chi connectivity index (χ3v) is 4.10. The Morgan fingerprint density at radius 1 is 1.40 bits per heavy atom. The lowest BCUT2D eigenvalue weighted by molar-refractivity contribution is 0.00556. The van der Waals surface area contributed by atoms with Crippen LogP contribution in [-0.2, 0) is 0 Å². The highest BCUT2D eigenvalue weighted by atomic mass is 32.1. The first-order valence-electron chi connectivity index (χ1n) is 6.24. The zero-order chi connectivity index (χ0) is 14.1. The molecule has 20 heavy (non-hydrogen) atoms. The van der Waals surface area contributed by atoms with Gasteiger partial charge in [-0.05, 0) is 24.3 Å². The van der Waals surface area contributed by atoms with E-state index in [1.165, 1.54) is 11.3 Å². The molecule has 104 valence electrons. The molecule has 6 heteroatoms. The predicted octanol–water partition coefficient (Wildman–Crippen LogP) is 1.64. The van der Waals surface area contributed by atoms with Crippen molar-refractivity contribution in [3.05, 3.63) is 35.3 Å². The van der Waals surface area contributed by atoms with Crippen LogP contribution in [0.25, 0.3) is 10.6 Å². The number of β-amino-alcohol motifs (C(OH)–C–C–N with tert-alkyl or cyclic N) is 1. The number of nitrogens with zero attached hydrogens (tertiary/aromatic N) is 2. The van der Waals surface area contributed by atoms with E-state index >= 15 is 0 Å². The molecule has 2 aromatic rings. The van der Waals surface area contributed by atoms with Gasteiger partial charge in [0.2, 0.25) is 0 Å². The van der Waals surface area contributed by atoms with E-state index in [4.69, 9.17) is 4.74 Å². The Morgan fingerprint density at radius 2 is 2.10 bits per heavy atom. The van der Waals surface area contributed by atoms with Gasteiger partial charge in [-0.15, -0.1) is 11.3 Å². The predicted molar refractivity (Wildman–Crippen MR) is 76.0 cm³/mol. The van der Waals surface area contributed by atoms with E-state index in [1.807, 2.05) is 24.3 Å². The molecule has 1 aliphatic heterocycles. The van der Waals surface area contributed by atoms with Crippen LogP contribution >= 0.6 is 11.3 Å². The lowest BCUT2D eigenvalue weighted by Gasteiger charge is -2.35. The van der Waals surface area contributed by atoms with E-state index in [9.17, 15) is 9.90 Å². The van der Waals surface area contributed by atoms with Crippen LogP contribution in [-0.4, -0.2) is 47.2 Å². The first-order chi connectivity index (χ1) is 9.67. The Labute approximate surface area is 120 Å². The standard InChI is InChI=1S/C14H14N2O3S/c1-19-11-4-2-9(3-5-11)13-15-12(8-20-13)14(18)16-6-10(17)7-16/h2-5,8,10,17H,6-7H2,1H3. The minimum absolute atomic E-state index is 0.119. The molecule has 5 nitrogen and oxygen atoms in total. The molecule has 0 radical (unpaired) electrons. The van der Waals surface area contributed by atoms with Crippen molar-refractivity contribution in [3.8, 4) is 16.3 Å². The monoisotopic (exact) mass is 290 g/mol. The number of ether oxygens (including phenoxy) is 1. The fraction of sp³-hybridized carbons (Fsp3) is 0.286. The highest BCUT2D eigenvalue weighted by Gasteiger charge is 2.30. The summed E-state index contributed by atoms with van der Waals surface area (Å²) in [4.78, 5) is 18.0. The maximum absolute atomic E-state index is 12.1. The summed E-state index contributed by atoms with van der Waals surface area (Å²) >= 11 is 1.44. The quantitative estimate of drug-likeness (QED) is 0.933. The number of aliphatic hydroxyl groups is 1. The number of benzene rings is 1. The van der Waals surface area contributed by atoms with Crippen LogP contribution in [0, 0.1) is 0 Å². The minimum Gasteiger partial charge on any atom is -0.497 e. The van der Waals surface area contributed by atoms with Gasteiger partial charge >= 0.3 is 0 Å². The molecule has 1 aromatic heterocycles. The molecule has 2 heterocycles. The van der Waals surface area contributed by atoms with Gasteiger partial charge in [0.15, 0.2) is 0 Å². The summed E-state index contributed by atoms with van der Waals surface area (Å²) in [6.45, 7) is 0.794. The van der Waals surface area contributed by atoms with Gasteiger partial charge in [-0.25, -0.2) is 4.98 Å². The third kappa shape index (κ3) is 2.39. The van der Waals surface area contributed by atoms with Gasteiger partial charge in [0, 0.05) is 24.0 Å². The average Bonchev–Trinajstić information content (AvgIpc) is 2.93. The van der Waals surface area contributed by atoms with Crippen LogP contribution in [0.1, 0.15) is 10.5 Å². The maximum atomic E-state index is 12.1. The number of carbonyl (C=O) groups is 1. The van der Waals surface area contributed by atoms with Gasteiger partial charge in [-0.1, -0.05) is 0 Å². The largest absolute Gasteiger partial charge is 0.497 e. The van der Waals surface area contributed by atoms with Gasteiger partial charge < -0.3 is 14.7 Å². The number of carbonyl (C=O) groups excluding carboxylic acids is 1. The number of amides is 1. The summed E-state index contributed by atoms with van der Waals surface area (Å²) in [6.07, 6.45) is -0.390. The normalized spacial score (nSPS) is 15.0. The van der Waals surface area contributed by atoms with Gasteiger partial charge in [0.1, 0.15) is 16.5 Å². The zero-order valence-corrected chi connectivity index (χ0v) is 11.8. The molecular weight excluding hydrogens is 276 g/mol. The molecule has 0 unspecified atom stereocenters. The smallest absolute Gasteiger partial charge is 0.273 e. The number of methoxy groups -OCH3 is 1. The van der Waals surface area contributed by atoms with Crippen LogP contribution in [0.3, 0.4) is 0 Å². The molecule has 0 bridgehead atoms. The molecule has 1 fully saturated rings. The van der Waals surface area contributed by atoms with Crippen molar-refractivity contribution in [1.82, 2.24) is 9.88 Å². The third-order valence-electron chi connectivity index (χ3n) is 3.21. The van der Waals surface area contributed by atoms with Crippen molar-refractivity contribution in [2.45, 2.75) is 6.10 Å². The fourth-order valence-corrected chi connectivity index (χ4v) is 2.82. The summed E-state index contributed by atoms with van der Waals surface area (Å²) < 4.78 is 5.11. The Morgan fingerprint density at radius 3 is 2.70 bits per heavy atom. The number of thiazole rings is 1. The molecular formula is C14H14N2O3S.